The Balaban J connectivity index is 0.000000366. The molecule has 0 fully saturated rings. The molecule has 0 atom stereocenters. The highest BCUT2D eigenvalue weighted by Gasteiger charge is 2.38. The minimum absolute atomic E-state index is 0.252. The third-order valence-corrected chi connectivity index (χ3v) is 1.99. The Morgan fingerprint density at radius 1 is 0.880 bits per heavy atom. The number of hydrogen-bond acceptors (Lipinski definition) is 4. The van der Waals surface area contributed by atoms with E-state index in [1.165, 1.54) is 12.3 Å². The lowest BCUT2D eigenvalue weighted by molar-refractivity contribution is -0.193. The van der Waals surface area contributed by atoms with Crippen LogP contribution in [0.3, 0.4) is 0 Å². The Labute approximate surface area is 133 Å². The van der Waals surface area contributed by atoms with E-state index in [1.54, 1.807) is 18.2 Å². The second-order valence-electron chi connectivity index (χ2n) is 3.81. The summed E-state index contributed by atoms with van der Waals surface area (Å²) in [4.78, 5) is 17.8. The Kier molecular flexibility index (Phi) is 7.70. The molecule has 0 saturated heterocycles. The first-order valence-electron chi connectivity index (χ1n) is 5.73. The van der Waals surface area contributed by atoms with Crippen LogP contribution in [-0.4, -0.2) is 44.7 Å². The van der Waals surface area contributed by atoms with Crippen LogP contribution in [0.5, 0.6) is 0 Å². The quantitative estimate of drug-likeness (QED) is 0.686. The van der Waals surface area contributed by atoms with E-state index in [0.717, 1.165) is 0 Å². The zero-order valence-corrected chi connectivity index (χ0v) is 11.6. The van der Waals surface area contributed by atoms with Crippen LogP contribution in [0, 0.1) is 5.82 Å². The average Bonchev–Trinajstić information content (AvgIpc) is 2.47. The first-order valence-corrected chi connectivity index (χ1v) is 5.73. The second kappa shape index (κ2) is 8.75. The molecule has 1 aromatic heterocycles. The van der Waals surface area contributed by atoms with Gasteiger partial charge in [-0.25, -0.2) is 14.0 Å². The second-order valence-corrected chi connectivity index (χ2v) is 3.81. The fourth-order valence-electron chi connectivity index (χ4n) is 0.981. The van der Waals surface area contributed by atoms with Gasteiger partial charge in [-0.2, -0.15) is 36.5 Å². The molecule has 6 nitrogen and oxygen atoms in total. The third kappa shape index (κ3) is 8.43. The molecule has 0 aliphatic heterocycles. The van der Waals surface area contributed by atoms with Crippen LogP contribution in [0.4, 0.5) is 30.7 Å². The number of carboxylic acid groups (broad SMARTS) is 2. The number of rotatable bonds is 0. The maximum absolute atomic E-state index is 12.9. The topological polar surface area (TPSA) is 100 Å². The molecule has 0 spiro atoms. The number of carboxylic acids is 2. The van der Waals surface area contributed by atoms with Crippen LogP contribution < -0.4 is 0 Å². The number of hydrogen-bond donors (Lipinski definition) is 2. The summed E-state index contributed by atoms with van der Waals surface area (Å²) in [5, 5.41) is 22.2. The van der Waals surface area contributed by atoms with Gasteiger partial charge in [0, 0.05) is 5.39 Å². The summed E-state index contributed by atoms with van der Waals surface area (Å²) >= 11 is 0. The minimum atomic E-state index is -5.08. The summed E-state index contributed by atoms with van der Waals surface area (Å²) < 4.78 is 76.4. The Hall–Kier alpha value is -2.99. The molecule has 0 unspecified atom stereocenters. The number of aliphatic carboxylic acids is 2. The van der Waals surface area contributed by atoms with Gasteiger partial charge in [0.1, 0.15) is 5.82 Å². The van der Waals surface area contributed by atoms with Crippen LogP contribution in [0.15, 0.2) is 30.5 Å². The predicted octanol–water partition coefficient (Wildman–Crippen LogP) is 3.04. The lowest BCUT2D eigenvalue weighted by Crippen LogP contribution is -2.21. The number of carbonyl (C=O) groups is 2. The van der Waals surface area contributed by atoms with Crippen molar-refractivity contribution in [3.63, 3.8) is 0 Å². The SMILES string of the molecule is Fc1cccc2nnccc12.O=C(O)C(F)(F)F.O=C(O)C(F)(F)F. The highest BCUT2D eigenvalue weighted by Crippen LogP contribution is 2.14. The fourth-order valence-corrected chi connectivity index (χ4v) is 0.981. The van der Waals surface area contributed by atoms with Crippen LogP contribution in [0.2, 0.25) is 0 Å². The van der Waals surface area contributed by atoms with E-state index in [4.69, 9.17) is 19.8 Å². The van der Waals surface area contributed by atoms with Gasteiger partial charge >= 0.3 is 24.3 Å². The van der Waals surface area contributed by atoms with Gasteiger partial charge in [-0.15, -0.1) is 0 Å². The monoisotopic (exact) mass is 376 g/mol. The minimum Gasteiger partial charge on any atom is -0.475 e. The molecule has 2 rings (SSSR count). The zero-order chi connectivity index (χ0) is 19.8. The van der Waals surface area contributed by atoms with Gasteiger partial charge in [-0.3, -0.25) is 0 Å². The number of halogens is 7. The van der Waals surface area contributed by atoms with Gasteiger partial charge in [-0.05, 0) is 18.2 Å². The summed E-state index contributed by atoms with van der Waals surface area (Å²) in [6, 6.07) is 6.36. The average molecular weight is 376 g/mol. The van der Waals surface area contributed by atoms with E-state index in [0.29, 0.717) is 10.9 Å². The Morgan fingerprint density at radius 2 is 1.32 bits per heavy atom. The van der Waals surface area contributed by atoms with E-state index >= 15 is 0 Å². The van der Waals surface area contributed by atoms with Crippen LogP contribution in [-0.2, 0) is 9.59 Å². The third-order valence-electron chi connectivity index (χ3n) is 1.99. The maximum atomic E-state index is 12.9. The highest BCUT2D eigenvalue weighted by molar-refractivity contribution is 5.78. The molecule has 2 aromatic rings. The number of aromatic nitrogens is 2. The van der Waals surface area contributed by atoms with Crippen molar-refractivity contribution < 1.29 is 50.5 Å². The van der Waals surface area contributed by atoms with Gasteiger partial charge in [0.15, 0.2) is 0 Å². The highest BCUT2D eigenvalue weighted by atomic mass is 19.4. The van der Waals surface area contributed by atoms with Gasteiger partial charge in [0.25, 0.3) is 0 Å². The van der Waals surface area contributed by atoms with Gasteiger partial charge in [0.2, 0.25) is 0 Å². The van der Waals surface area contributed by atoms with E-state index in [1.807, 2.05) is 0 Å². The summed E-state index contributed by atoms with van der Waals surface area (Å²) in [5.74, 6) is -5.77. The largest absolute Gasteiger partial charge is 0.490 e. The number of fused-ring (bicyclic) bond motifs is 1. The summed E-state index contributed by atoms with van der Waals surface area (Å²) in [5.41, 5.74) is 0.590. The van der Waals surface area contributed by atoms with Crippen LogP contribution in [0.25, 0.3) is 10.9 Å². The van der Waals surface area contributed by atoms with Crippen LogP contribution >= 0.6 is 0 Å². The van der Waals surface area contributed by atoms with Gasteiger partial charge in [-0.1, -0.05) is 6.07 Å². The Bertz CT molecular complexity index is 702. The molecule has 0 radical (unpaired) electrons. The molecule has 0 aliphatic carbocycles. The van der Waals surface area contributed by atoms with Gasteiger partial charge in [0.05, 0.1) is 11.7 Å². The number of benzene rings is 1. The molecule has 0 amide bonds. The molecule has 0 bridgehead atoms. The van der Waals surface area contributed by atoms with E-state index < -0.39 is 24.3 Å². The van der Waals surface area contributed by atoms with Crippen molar-refractivity contribution in [1.29, 1.82) is 0 Å². The lowest BCUT2D eigenvalue weighted by Gasteiger charge is -1.94. The van der Waals surface area contributed by atoms with Crippen molar-refractivity contribution in [2.75, 3.05) is 0 Å². The maximum Gasteiger partial charge on any atom is 0.490 e. The zero-order valence-electron chi connectivity index (χ0n) is 11.6. The molecule has 25 heavy (non-hydrogen) atoms. The lowest BCUT2D eigenvalue weighted by atomic mass is 10.2. The van der Waals surface area contributed by atoms with Crippen molar-refractivity contribution in [3.8, 4) is 0 Å². The standard InChI is InChI=1S/C8H5FN2.2C2HF3O2/c9-7-2-1-3-8-6(7)4-5-10-11-8;2*3-2(4,5)1(6)7/h1-5H;2*(H,6,7). The molecule has 1 aromatic carbocycles. The van der Waals surface area contributed by atoms with Crippen molar-refractivity contribution in [3.05, 3.63) is 36.3 Å². The van der Waals surface area contributed by atoms with Crippen molar-refractivity contribution in [2.24, 2.45) is 0 Å². The van der Waals surface area contributed by atoms with E-state index in [2.05, 4.69) is 10.2 Å². The van der Waals surface area contributed by atoms with Crippen molar-refractivity contribution >= 4 is 22.8 Å². The van der Waals surface area contributed by atoms with Crippen molar-refractivity contribution in [2.45, 2.75) is 12.4 Å². The molecular weight excluding hydrogens is 369 g/mol. The molecule has 1 heterocycles. The van der Waals surface area contributed by atoms with E-state index in [-0.39, 0.29) is 5.82 Å². The normalized spacial score (nSPS) is 10.8. The number of nitrogens with zero attached hydrogens (tertiary/aromatic N) is 2. The predicted molar refractivity (Wildman–Crippen MR) is 66.9 cm³/mol. The smallest absolute Gasteiger partial charge is 0.475 e. The molecule has 13 heteroatoms. The molecule has 0 saturated carbocycles. The van der Waals surface area contributed by atoms with Crippen LogP contribution in [0.1, 0.15) is 0 Å². The van der Waals surface area contributed by atoms with Crippen molar-refractivity contribution in [1.82, 2.24) is 10.2 Å². The fraction of sp³-hybridized carbons (Fsp3) is 0.167. The first-order chi connectivity index (χ1) is 11.3. The molecule has 138 valence electrons. The molecule has 0 aliphatic rings. The van der Waals surface area contributed by atoms with Gasteiger partial charge < -0.3 is 10.2 Å². The van der Waals surface area contributed by atoms with E-state index in [9.17, 15) is 30.7 Å². The molecular formula is C12H7F7N2O4. The number of alkyl halides is 6. The first kappa shape index (κ1) is 22.0. The summed E-state index contributed by atoms with van der Waals surface area (Å²) in [7, 11) is 0. The summed E-state index contributed by atoms with van der Waals surface area (Å²) in [6.07, 6.45) is -8.69. The summed E-state index contributed by atoms with van der Waals surface area (Å²) in [6.45, 7) is 0. The molecule has 2 N–H and O–H groups in total. The Morgan fingerprint density at radius 3 is 1.68 bits per heavy atom.